The van der Waals surface area contributed by atoms with E-state index in [4.69, 9.17) is 4.74 Å². The largest absolute Gasteiger partial charge is 0.468 e. The van der Waals surface area contributed by atoms with E-state index >= 15 is 0 Å². The van der Waals surface area contributed by atoms with E-state index in [1.807, 2.05) is 19.1 Å². The molecule has 0 saturated carbocycles. The molecule has 6 heteroatoms. The molecule has 1 unspecified atom stereocenters. The number of nitrogens with one attached hydrogen (secondary N) is 1. The summed E-state index contributed by atoms with van der Waals surface area (Å²) < 4.78 is 45.0. The monoisotopic (exact) mass is 291 g/mol. The Morgan fingerprint density at radius 3 is 2.30 bits per heavy atom. The van der Waals surface area contributed by atoms with Crippen molar-refractivity contribution in [1.29, 1.82) is 0 Å². The molecule has 0 aliphatic heterocycles. The van der Waals surface area contributed by atoms with Gasteiger partial charge in [-0.05, 0) is 30.7 Å². The molecule has 114 valence electrons. The highest BCUT2D eigenvalue weighted by molar-refractivity contribution is 5.29. The molecule has 20 heavy (non-hydrogen) atoms. The van der Waals surface area contributed by atoms with Gasteiger partial charge in [0.2, 0.25) is 0 Å². The highest BCUT2D eigenvalue weighted by atomic mass is 19.4. The zero-order valence-corrected chi connectivity index (χ0v) is 11.7. The van der Waals surface area contributed by atoms with Gasteiger partial charge < -0.3 is 14.8 Å². The predicted molar refractivity (Wildman–Crippen MR) is 70.7 cm³/mol. The Morgan fingerprint density at radius 2 is 1.80 bits per heavy atom. The fourth-order valence-corrected chi connectivity index (χ4v) is 1.81. The maximum Gasteiger partial charge on any atom is 0.411 e. The Kier molecular flexibility index (Phi) is 6.81. The smallest absolute Gasteiger partial charge is 0.411 e. The highest BCUT2D eigenvalue weighted by Crippen LogP contribution is 2.20. The van der Waals surface area contributed by atoms with E-state index in [0.717, 1.165) is 18.5 Å². The van der Waals surface area contributed by atoms with Gasteiger partial charge in [0, 0.05) is 6.04 Å². The van der Waals surface area contributed by atoms with Crippen molar-refractivity contribution in [1.82, 2.24) is 5.32 Å². The van der Waals surface area contributed by atoms with Gasteiger partial charge in [0.15, 0.2) is 6.79 Å². The molecule has 0 saturated heterocycles. The van der Waals surface area contributed by atoms with Crippen molar-refractivity contribution in [2.45, 2.75) is 32.5 Å². The Hall–Kier alpha value is -1.27. The molecule has 1 atom stereocenters. The van der Waals surface area contributed by atoms with Crippen LogP contribution >= 0.6 is 0 Å². The Bertz CT molecular complexity index is 379. The van der Waals surface area contributed by atoms with E-state index in [0.29, 0.717) is 5.75 Å². The number of rotatable bonds is 8. The number of ether oxygens (including phenoxy) is 2. The fraction of sp³-hybridized carbons (Fsp3) is 0.571. The molecule has 3 nitrogen and oxygen atoms in total. The fourth-order valence-electron chi connectivity index (χ4n) is 1.81. The summed E-state index contributed by atoms with van der Waals surface area (Å²) in [6, 6.07) is 7.53. The van der Waals surface area contributed by atoms with Crippen molar-refractivity contribution in [3.05, 3.63) is 29.8 Å². The first-order chi connectivity index (χ1) is 9.46. The Balaban J connectivity index is 2.42. The van der Waals surface area contributed by atoms with E-state index in [2.05, 4.69) is 17.0 Å². The van der Waals surface area contributed by atoms with Crippen LogP contribution in [0.25, 0.3) is 0 Å². The van der Waals surface area contributed by atoms with Crippen molar-refractivity contribution >= 4 is 0 Å². The van der Waals surface area contributed by atoms with Crippen molar-refractivity contribution in [2.24, 2.45) is 0 Å². The minimum atomic E-state index is -4.33. The summed E-state index contributed by atoms with van der Waals surface area (Å²) in [5.41, 5.74) is 1.12. The van der Waals surface area contributed by atoms with E-state index in [-0.39, 0.29) is 6.04 Å². The Labute approximate surface area is 117 Å². The lowest BCUT2D eigenvalue weighted by Crippen LogP contribution is -2.20. The van der Waals surface area contributed by atoms with Gasteiger partial charge in [-0.2, -0.15) is 13.2 Å². The molecule has 0 radical (unpaired) electrons. The van der Waals surface area contributed by atoms with Gasteiger partial charge in [0.25, 0.3) is 0 Å². The van der Waals surface area contributed by atoms with Crippen LogP contribution in [0.2, 0.25) is 0 Å². The lowest BCUT2D eigenvalue weighted by molar-refractivity contribution is -0.186. The minimum absolute atomic E-state index is 0.274. The molecule has 0 bridgehead atoms. The summed E-state index contributed by atoms with van der Waals surface area (Å²) in [5.74, 6) is 0.488. The second-order valence-corrected chi connectivity index (χ2v) is 4.31. The van der Waals surface area contributed by atoms with Gasteiger partial charge in [-0.15, -0.1) is 0 Å². The van der Waals surface area contributed by atoms with Crippen LogP contribution in [-0.2, 0) is 4.74 Å². The van der Waals surface area contributed by atoms with Crippen molar-refractivity contribution in [2.75, 3.05) is 19.9 Å². The second kappa shape index (κ2) is 8.11. The third kappa shape index (κ3) is 6.25. The van der Waals surface area contributed by atoms with Gasteiger partial charge in [0.1, 0.15) is 12.4 Å². The topological polar surface area (TPSA) is 30.5 Å². The first kappa shape index (κ1) is 16.8. The van der Waals surface area contributed by atoms with Crippen LogP contribution in [0.1, 0.15) is 31.9 Å². The van der Waals surface area contributed by atoms with Crippen LogP contribution in [0, 0.1) is 0 Å². The van der Waals surface area contributed by atoms with Crippen molar-refractivity contribution < 1.29 is 22.6 Å². The number of halogens is 3. The molecule has 1 N–H and O–H groups in total. The maximum atomic E-state index is 11.8. The standard InChI is InChI=1S/C14H20F3NO2/c1-3-13(18-4-2)11-5-7-12(8-6-11)20-10-19-9-14(15,16)17/h5-8,13,18H,3-4,9-10H2,1-2H3. The average molecular weight is 291 g/mol. The molecular weight excluding hydrogens is 271 g/mol. The summed E-state index contributed by atoms with van der Waals surface area (Å²) in [5, 5.41) is 3.35. The summed E-state index contributed by atoms with van der Waals surface area (Å²) in [4.78, 5) is 0. The van der Waals surface area contributed by atoms with Gasteiger partial charge in [0.05, 0.1) is 0 Å². The minimum Gasteiger partial charge on any atom is -0.468 e. The Morgan fingerprint density at radius 1 is 1.15 bits per heavy atom. The maximum absolute atomic E-state index is 11.8. The van der Waals surface area contributed by atoms with Gasteiger partial charge >= 0.3 is 6.18 Å². The second-order valence-electron chi connectivity index (χ2n) is 4.31. The molecular formula is C14H20F3NO2. The summed E-state index contributed by atoms with van der Waals surface area (Å²) in [6.07, 6.45) is -3.36. The summed E-state index contributed by atoms with van der Waals surface area (Å²) in [7, 11) is 0. The number of hydrogen-bond acceptors (Lipinski definition) is 3. The van der Waals surface area contributed by atoms with Crippen LogP contribution in [0.4, 0.5) is 13.2 Å². The zero-order chi connectivity index (χ0) is 15.0. The van der Waals surface area contributed by atoms with Gasteiger partial charge in [-0.1, -0.05) is 26.0 Å². The molecule has 1 aromatic carbocycles. The summed E-state index contributed by atoms with van der Waals surface area (Å²) in [6.45, 7) is 3.29. The molecule has 0 heterocycles. The predicted octanol–water partition coefficient (Wildman–Crippen LogP) is 3.66. The lowest BCUT2D eigenvalue weighted by atomic mass is 10.0. The highest BCUT2D eigenvalue weighted by Gasteiger charge is 2.27. The first-order valence-corrected chi connectivity index (χ1v) is 6.57. The molecule has 0 amide bonds. The lowest BCUT2D eigenvalue weighted by Gasteiger charge is -2.16. The third-order valence-electron chi connectivity index (χ3n) is 2.72. The van der Waals surface area contributed by atoms with Crippen LogP contribution in [0.5, 0.6) is 5.75 Å². The third-order valence-corrected chi connectivity index (χ3v) is 2.72. The molecule has 0 aromatic heterocycles. The van der Waals surface area contributed by atoms with E-state index < -0.39 is 19.6 Å². The molecule has 0 aliphatic carbocycles. The van der Waals surface area contributed by atoms with Gasteiger partial charge in [-0.3, -0.25) is 0 Å². The normalized spacial score (nSPS) is 13.2. The zero-order valence-electron chi connectivity index (χ0n) is 11.7. The first-order valence-electron chi connectivity index (χ1n) is 6.57. The van der Waals surface area contributed by atoms with E-state index in [9.17, 15) is 13.2 Å². The molecule has 0 fully saturated rings. The summed E-state index contributed by atoms with van der Waals surface area (Å²) >= 11 is 0. The average Bonchev–Trinajstić information content (AvgIpc) is 2.41. The number of alkyl halides is 3. The molecule has 1 aromatic rings. The van der Waals surface area contributed by atoms with Crippen molar-refractivity contribution in [3.8, 4) is 5.75 Å². The van der Waals surface area contributed by atoms with Crippen LogP contribution in [0.3, 0.4) is 0 Å². The van der Waals surface area contributed by atoms with Crippen LogP contribution in [0.15, 0.2) is 24.3 Å². The van der Waals surface area contributed by atoms with Gasteiger partial charge in [-0.25, -0.2) is 0 Å². The SMILES string of the molecule is CCNC(CC)c1ccc(OCOCC(F)(F)F)cc1. The number of benzene rings is 1. The van der Waals surface area contributed by atoms with Crippen molar-refractivity contribution in [3.63, 3.8) is 0 Å². The molecule has 1 rings (SSSR count). The molecule has 0 spiro atoms. The van der Waals surface area contributed by atoms with E-state index in [1.54, 1.807) is 12.1 Å². The van der Waals surface area contributed by atoms with Crippen LogP contribution < -0.4 is 10.1 Å². The van der Waals surface area contributed by atoms with E-state index in [1.165, 1.54) is 0 Å². The molecule has 0 aliphatic rings. The quantitative estimate of drug-likeness (QED) is 0.585. The van der Waals surface area contributed by atoms with Crippen LogP contribution in [-0.4, -0.2) is 26.1 Å². The number of hydrogen-bond donors (Lipinski definition) is 1.